The fraction of sp³-hybridized carbons (Fsp3) is 0.500. The number of nitrogens with zero attached hydrogens (tertiary/aromatic N) is 5. The van der Waals surface area contributed by atoms with Crippen molar-refractivity contribution in [3.8, 4) is 0 Å². The standard InChI is InChI=1S/C20H26FN5O2S/c21-17-7-3-4-8-18(17)29(27,28)26-15-13-25(14-16-26)20-10-9-19(22-23-20)24-11-5-1-2-6-12-24/h3-4,7-10H,1-2,5-6,11-16H2. The first-order valence-corrected chi connectivity index (χ1v) is 11.6. The molecule has 29 heavy (non-hydrogen) atoms. The number of hydrogen-bond donors (Lipinski definition) is 0. The SMILES string of the molecule is O=S(=O)(c1ccccc1F)N1CCN(c2ccc(N3CCCCCC3)nn2)CC1. The number of sulfonamides is 1. The van der Waals surface area contributed by atoms with Crippen LogP contribution in [0, 0.1) is 5.82 Å². The maximum atomic E-state index is 14.0. The molecule has 2 aromatic rings. The highest BCUT2D eigenvalue weighted by Crippen LogP contribution is 2.23. The van der Waals surface area contributed by atoms with E-state index in [-0.39, 0.29) is 18.0 Å². The third-order valence-electron chi connectivity index (χ3n) is 5.58. The van der Waals surface area contributed by atoms with E-state index in [1.54, 1.807) is 0 Å². The molecule has 0 amide bonds. The Morgan fingerprint density at radius 1 is 0.724 bits per heavy atom. The molecule has 0 aliphatic carbocycles. The first kappa shape index (κ1) is 20.0. The number of piperazine rings is 1. The van der Waals surface area contributed by atoms with Gasteiger partial charge in [-0.3, -0.25) is 0 Å². The van der Waals surface area contributed by atoms with E-state index < -0.39 is 15.8 Å². The smallest absolute Gasteiger partial charge is 0.246 e. The Labute approximate surface area is 171 Å². The molecule has 156 valence electrons. The molecule has 0 atom stereocenters. The minimum Gasteiger partial charge on any atom is -0.355 e. The van der Waals surface area contributed by atoms with E-state index in [4.69, 9.17) is 0 Å². The van der Waals surface area contributed by atoms with Gasteiger partial charge in [0.2, 0.25) is 10.0 Å². The van der Waals surface area contributed by atoms with Crippen molar-refractivity contribution in [2.24, 2.45) is 0 Å². The molecule has 3 heterocycles. The molecular weight excluding hydrogens is 393 g/mol. The second-order valence-corrected chi connectivity index (χ2v) is 9.38. The van der Waals surface area contributed by atoms with Gasteiger partial charge in [-0.2, -0.15) is 4.31 Å². The van der Waals surface area contributed by atoms with Gasteiger partial charge in [0.1, 0.15) is 10.7 Å². The van der Waals surface area contributed by atoms with Crippen LogP contribution in [0.2, 0.25) is 0 Å². The molecule has 0 spiro atoms. The molecule has 0 bridgehead atoms. The van der Waals surface area contributed by atoms with Crippen molar-refractivity contribution in [3.05, 3.63) is 42.2 Å². The van der Waals surface area contributed by atoms with Gasteiger partial charge in [-0.1, -0.05) is 25.0 Å². The van der Waals surface area contributed by atoms with Crippen LogP contribution in [-0.4, -0.2) is 62.2 Å². The molecule has 4 rings (SSSR count). The summed E-state index contributed by atoms with van der Waals surface area (Å²) in [6.45, 7) is 3.58. The van der Waals surface area contributed by atoms with Crippen molar-refractivity contribution < 1.29 is 12.8 Å². The van der Waals surface area contributed by atoms with E-state index in [9.17, 15) is 12.8 Å². The van der Waals surface area contributed by atoms with Gasteiger partial charge < -0.3 is 9.80 Å². The molecule has 1 aromatic carbocycles. The van der Waals surface area contributed by atoms with Crippen molar-refractivity contribution in [2.45, 2.75) is 30.6 Å². The Morgan fingerprint density at radius 3 is 1.83 bits per heavy atom. The summed E-state index contributed by atoms with van der Waals surface area (Å²) in [5, 5.41) is 8.77. The van der Waals surface area contributed by atoms with Crippen LogP contribution >= 0.6 is 0 Å². The lowest BCUT2D eigenvalue weighted by Gasteiger charge is -2.34. The van der Waals surface area contributed by atoms with Gasteiger partial charge in [0.25, 0.3) is 0 Å². The van der Waals surface area contributed by atoms with Gasteiger partial charge in [-0.25, -0.2) is 12.8 Å². The molecule has 9 heteroatoms. The van der Waals surface area contributed by atoms with Gasteiger partial charge in [-0.15, -0.1) is 10.2 Å². The fourth-order valence-electron chi connectivity index (χ4n) is 3.91. The van der Waals surface area contributed by atoms with Crippen LogP contribution in [0.25, 0.3) is 0 Å². The van der Waals surface area contributed by atoms with E-state index in [0.717, 1.165) is 24.7 Å². The Balaban J connectivity index is 1.40. The maximum absolute atomic E-state index is 14.0. The van der Waals surface area contributed by atoms with Gasteiger partial charge in [0.05, 0.1) is 0 Å². The number of halogens is 1. The monoisotopic (exact) mass is 419 g/mol. The second kappa shape index (κ2) is 8.62. The van der Waals surface area contributed by atoms with E-state index in [0.29, 0.717) is 13.1 Å². The van der Waals surface area contributed by atoms with Crippen LogP contribution < -0.4 is 9.80 Å². The third-order valence-corrected chi connectivity index (χ3v) is 7.52. The van der Waals surface area contributed by atoms with Crippen molar-refractivity contribution in [1.29, 1.82) is 0 Å². The summed E-state index contributed by atoms with van der Waals surface area (Å²) in [6, 6.07) is 9.45. The molecule has 0 radical (unpaired) electrons. The summed E-state index contributed by atoms with van der Waals surface area (Å²) < 4.78 is 40.8. The second-order valence-electron chi connectivity index (χ2n) is 7.47. The zero-order chi connectivity index (χ0) is 20.3. The molecule has 2 aliphatic heterocycles. The summed E-state index contributed by atoms with van der Waals surface area (Å²) in [4.78, 5) is 4.03. The quantitative estimate of drug-likeness (QED) is 0.759. The first-order valence-electron chi connectivity index (χ1n) is 10.1. The highest BCUT2D eigenvalue weighted by molar-refractivity contribution is 7.89. The van der Waals surface area contributed by atoms with Crippen molar-refractivity contribution in [2.75, 3.05) is 49.1 Å². The van der Waals surface area contributed by atoms with E-state index in [2.05, 4.69) is 15.1 Å². The van der Waals surface area contributed by atoms with Gasteiger partial charge in [0, 0.05) is 39.3 Å². The summed E-state index contributed by atoms with van der Waals surface area (Å²) >= 11 is 0. The van der Waals surface area contributed by atoms with Crippen molar-refractivity contribution in [3.63, 3.8) is 0 Å². The van der Waals surface area contributed by atoms with Crippen LogP contribution in [0.3, 0.4) is 0 Å². The van der Waals surface area contributed by atoms with E-state index in [1.165, 1.54) is 54.3 Å². The first-order chi connectivity index (χ1) is 14.1. The number of anilines is 2. The summed E-state index contributed by atoms with van der Waals surface area (Å²) in [5.74, 6) is 0.924. The van der Waals surface area contributed by atoms with Crippen LogP contribution in [-0.2, 0) is 10.0 Å². The Hall–Kier alpha value is -2.26. The number of rotatable bonds is 4. The Kier molecular flexibility index (Phi) is 5.96. The predicted octanol–water partition coefficient (Wildman–Crippen LogP) is 2.51. The zero-order valence-electron chi connectivity index (χ0n) is 16.4. The normalized spacial score (nSPS) is 19.2. The Bertz CT molecular complexity index is 922. The molecule has 2 saturated heterocycles. The molecule has 0 N–H and O–H groups in total. The number of aromatic nitrogens is 2. The predicted molar refractivity (Wildman–Crippen MR) is 110 cm³/mol. The van der Waals surface area contributed by atoms with Crippen LogP contribution in [0.1, 0.15) is 25.7 Å². The van der Waals surface area contributed by atoms with Crippen LogP contribution in [0.4, 0.5) is 16.0 Å². The fourth-order valence-corrected chi connectivity index (χ4v) is 5.39. The lowest BCUT2D eigenvalue weighted by atomic mass is 10.2. The lowest BCUT2D eigenvalue weighted by molar-refractivity contribution is 0.381. The summed E-state index contributed by atoms with van der Waals surface area (Å²) in [5.41, 5.74) is 0. The molecule has 2 aliphatic rings. The highest BCUT2D eigenvalue weighted by Gasteiger charge is 2.30. The molecule has 1 aromatic heterocycles. The highest BCUT2D eigenvalue weighted by atomic mass is 32.2. The summed E-state index contributed by atoms with van der Waals surface area (Å²) in [7, 11) is -3.83. The number of hydrogen-bond acceptors (Lipinski definition) is 6. The average Bonchev–Trinajstić information content (AvgIpc) is 3.04. The molecular formula is C20H26FN5O2S. The maximum Gasteiger partial charge on any atom is 0.246 e. The van der Waals surface area contributed by atoms with E-state index >= 15 is 0 Å². The topological polar surface area (TPSA) is 69.6 Å². The number of benzene rings is 1. The summed E-state index contributed by atoms with van der Waals surface area (Å²) in [6.07, 6.45) is 4.90. The Morgan fingerprint density at radius 2 is 1.28 bits per heavy atom. The van der Waals surface area contributed by atoms with Crippen molar-refractivity contribution in [1.82, 2.24) is 14.5 Å². The lowest BCUT2D eigenvalue weighted by Crippen LogP contribution is -2.49. The minimum absolute atomic E-state index is 0.268. The van der Waals surface area contributed by atoms with E-state index in [1.807, 2.05) is 17.0 Å². The van der Waals surface area contributed by atoms with Gasteiger partial charge >= 0.3 is 0 Å². The van der Waals surface area contributed by atoms with Crippen molar-refractivity contribution >= 4 is 21.7 Å². The zero-order valence-corrected chi connectivity index (χ0v) is 17.2. The van der Waals surface area contributed by atoms with Gasteiger partial charge in [-0.05, 0) is 37.1 Å². The molecule has 2 fully saturated rings. The van der Waals surface area contributed by atoms with Crippen LogP contribution in [0.15, 0.2) is 41.3 Å². The molecule has 7 nitrogen and oxygen atoms in total. The van der Waals surface area contributed by atoms with Gasteiger partial charge in [0.15, 0.2) is 11.6 Å². The van der Waals surface area contributed by atoms with Crippen LogP contribution in [0.5, 0.6) is 0 Å². The molecule has 0 unspecified atom stereocenters. The minimum atomic E-state index is -3.83. The molecule has 0 saturated carbocycles. The largest absolute Gasteiger partial charge is 0.355 e. The average molecular weight is 420 g/mol. The third kappa shape index (κ3) is 4.35.